The predicted octanol–water partition coefficient (Wildman–Crippen LogP) is 2.25. The van der Waals surface area contributed by atoms with Crippen molar-refractivity contribution in [3.05, 3.63) is 29.8 Å². The molecule has 0 saturated heterocycles. The number of aryl methyl sites for hydroxylation is 1. The average molecular weight is 354 g/mol. The number of fused-ring (bicyclic) bond motifs is 2. The highest BCUT2D eigenvalue weighted by Gasteiger charge is 2.64. The van der Waals surface area contributed by atoms with Gasteiger partial charge >= 0.3 is 0 Å². The molecule has 0 spiro atoms. The maximum atomic E-state index is 12.2. The topological polar surface area (TPSA) is 83.8 Å². The molecule has 6 heteroatoms. The third-order valence-electron chi connectivity index (χ3n) is 6.21. The van der Waals surface area contributed by atoms with E-state index in [1.165, 1.54) is 12.1 Å². The highest BCUT2D eigenvalue weighted by Crippen LogP contribution is 2.63. The van der Waals surface area contributed by atoms with Crippen LogP contribution in [0.15, 0.2) is 29.2 Å². The van der Waals surface area contributed by atoms with E-state index in [1.807, 2.05) is 6.92 Å². The van der Waals surface area contributed by atoms with Gasteiger partial charge in [-0.2, -0.15) is 8.42 Å². The summed E-state index contributed by atoms with van der Waals surface area (Å²) in [5.41, 5.74) is -0.333. The zero-order chi connectivity index (χ0) is 17.8. The predicted molar refractivity (Wildman–Crippen MR) is 89.9 cm³/mol. The summed E-state index contributed by atoms with van der Waals surface area (Å²) in [4.78, 5) is 0.105. The number of rotatable bonds is 5. The van der Waals surface area contributed by atoms with Gasteiger partial charge in [0.2, 0.25) is 0 Å². The Morgan fingerprint density at radius 2 is 1.83 bits per heavy atom. The van der Waals surface area contributed by atoms with E-state index in [4.69, 9.17) is 4.18 Å². The molecule has 3 aliphatic carbocycles. The van der Waals surface area contributed by atoms with Crippen LogP contribution >= 0.6 is 0 Å². The second-order valence-electron chi connectivity index (χ2n) is 7.89. The molecule has 3 aliphatic rings. The molecule has 3 saturated carbocycles. The van der Waals surface area contributed by atoms with Gasteiger partial charge in [0.25, 0.3) is 10.1 Å². The summed E-state index contributed by atoms with van der Waals surface area (Å²) in [7, 11) is -3.85. The lowest BCUT2D eigenvalue weighted by Gasteiger charge is -2.65. The van der Waals surface area contributed by atoms with Crippen molar-refractivity contribution < 1.29 is 22.8 Å². The SMILES string of the molecule is Cc1ccc(S(=O)(=O)OCC[C@@]2(O)[C@@H]3C[C@H](C[C@@H]2O)C3(C)C)cc1. The maximum absolute atomic E-state index is 12.2. The Kier molecular flexibility index (Phi) is 4.31. The van der Waals surface area contributed by atoms with Gasteiger partial charge in [0.05, 0.1) is 23.2 Å². The lowest BCUT2D eigenvalue weighted by molar-refractivity contribution is -0.257. The van der Waals surface area contributed by atoms with Crippen LogP contribution in [0.5, 0.6) is 0 Å². The maximum Gasteiger partial charge on any atom is 0.296 e. The summed E-state index contributed by atoms with van der Waals surface area (Å²) in [6.07, 6.45) is 0.732. The summed E-state index contributed by atoms with van der Waals surface area (Å²) >= 11 is 0. The monoisotopic (exact) mass is 354 g/mol. The molecule has 0 radical (unpaired) electrons. The van der Waals surface area contributed by atoms with Crippen molar-refractivity contribution >= 4 is 10.1 Å². The van der Waals surface area contributed by atoms with Crippen molar-refractivity contribution in [3.63, 3.8) is 0 Å². The second-order valence-corrected chi connectivity index (χ2v) is 9.50. The standard InChI is InChI=1S/C18H26O5S/c1-12-4-6-14(7-5-12)24(21,22)23-9-8-18(20)15-10-13(11-16(18)19)17(15,2)3/h4-7,13,15-16,19-20H,8-11H2,1-3H3/t13-,15-,16+,18-/m1/s1. The van der Waals surface area contributed by atoms with E-state index < -0.39 is 21.8 Å². The Hall–Kier alpha value is -0.950. The van der Waals surface area contributed by atoms with E-state index in [1.54, 1.807) is 12.1 Å². The van der Waals surface area contributed by atoms with Gasteiger partial charge < -0.3 is 10.2 Å². The summed E-state index contributed by atoms with van der Waals surface area (Å²) in [5.74, 6) is 0.402. The first-order valence-corrected chi connectivity index (χ1v) is 9.85. The van der Waals surface area contributed by atoms with Gasteiger partial charge in [0.15, 0.2) is 0 Å². The van der Waals surface area contributed by atoms with Crippen molar-refractivity contribution in [1.29, 1.82) is 0 Å². The minimum absolute atomic E-state index is 0.0237. The Balaban J connectivity index is 1.66. The summed E-state index contributed by atoms with van der Waals surface area (Å²) in [6, 6.07) is 6.44. The van der Waals surface area contributed by atoms with Gasteiger partial charge in [0, 0.05) is 6.42 Å². The molecule has 2 bridgehead atoms. The summed E-state index contributed by atoms with van der Waals surface area (Å²) in [6.45, 7) is 5.95. The minimum Gasteiger partial charge on any atom is -0.390 e. The van der Waals surface area contributed by atoms with Crippen molar-refractivity contribution in [2.75, 3.05) is 6.61 Å². The number of hydrogen-bond acceptors (Lipinski definition) is 5. The van der Waals surface area contributed by atoms with E-state index in [9.17, 15) is 18.6 Å². The molecule has 3 fully saturated rings. The molecule has 5 nitrogen and oxygen atoms in total. The molecule has 0 aromatic heterocycles. The molecule has 0 aliphatic heterocycles. The number of hydrogen-bond donors (Lipinski definition) is 2. The highest BCUT2D eigenvalue weighted by molar-refractivity contribution is 7.86. The molecule has 0 unspecified atom stereocenters. The molecule has 4 atom stereocenters. The summed E-state index contributed by atoms with van der Waals surface area (Å²) < 4.78 is 29.6. The van der Waals surface area contributed by atoms with Crippen LogP contribution in [0.1, 0.15) is 38.7 Å². The molecule has 2 N–H and O–H groups in total. The molecule has 134 valence electrons. The molecule has 0 amide bonds. The highest BCUT2D eigenvalue weighted by atomic mass is 32.2. The van der Waals surface area contributed by atoms with Crippen LogP contribution in [-0.2, 0) is 14.3 Å². The van der Waals surface area contributed by atoms with E-state index in [0.29, 0.717) is 12.3 Å². The largest absolute Gasteiger partial charge is 0.390 e. The van der Waals surface area contributed by atoms with Crippen molar-refractivity contribution in [2.45, 2.75) is 56.6 Å². The number of aliphatic hydroxyl groups is 2. The average Bonchev–Trinajstić information content (AvgIpc) is 2.49. The van der Waals surface area contributed by atoms with Gasteiger partial charge in [-0.3, -0.25) is 4.18 Å². The smallest absolute Gasteiger partial charge is 0.296 e. The molecule has 0 heterocycles. The molecule has 1 aromatic rings. The van der Waals surface area contributed by atoms with Crippen LogP contribution in [0.2, 0.25) is 0 Å². The number of aliphatic hydroxyl groups excluding tert-OH is 1. The first kappa shape index (κ1) is 17.9. The van der Waals surface area contributed by atoms with Crippen molar-refractivity contribution in [3.8, 4) is 0 Å². The number of benzene rings is 1. The van der Waals surface area contributed by atoms with Gasteiger partial charge in [0.1, 0.15) is 0 Å². The lowest BCUT2D eigenvalue weighted by Crippen LogP contribution is -2.67. The van der Waals surface area contributed by atoms with E-state index >= 15 is 0 Å². The van der Waals surface area contributed by atoms with Crippen LogP contribution in [0.3, 0.4) is 0 Å². The van der Waals surface area contributed by atoms with Gasteiger partial charge in [-0.25, -0.2) is 0 Å². The quantitative estimate of drug-likeness (QED) is 0.793. The van der Waals surface area contributed by atoms with Gasteiger partial charge in [-0.15, -0.1) is 0 Å². The normalized spacial score (nSPS) is 34.6. The molecule has 1 aromatic carbocycles. The van der Waals surface area contributed by atoms with Crippen LogP contribution in [0.25, 0.3) is 0 Å². The van der Waals surface area contributed by atoms with Crippen molar-refractivity contribution in [1.82, 2.24) is 0 Å². The fourth-order valence-electron chi connectivity index (χ4n) is 4.40. The van der Waals surface area contributed by atoms with Gasteiger partial charge in [-0.1, -0.05) is 31.5 Å². The molecular formula is C18H26O5S. The third kappa shape index (κ3) is 2.79. The first-order chi connectivity index (χ1) is 11.1. The van der Waals surface area contributed by atoms with Crippen LogP contribution in [0.4, 0.5) is 0 Å². The molecular weight excluding hydrogens is 328 g/mol. The Morgan fingerprint density at radius 3 is 2.42 bits per heavy atom. The van der Waals surface area contributed by atoms with E-state index in [2.05, 4.69) is 13.8 Å². The molecule has 24 heavy (non-hydrogen) atoms. The van der Waals surface area contributed by atoms with E-state index in [0.717, 1.165) is 12.0 Å². The Labute approximate surface area is 143 Å². The zero-order valence-electron chi connectivity index (χ0n) is 14.4. The van der Waals surface area contributed by atoms with Crippen LogP contribution < -0.4 is 0 Å². The summed E-state index contributed by atoms with van der Waals surface area (Å²) in [5, 5.41) is 21.2. The third-order valence-corrected chi connectivity index (χ3v) is 7.54. The van der Waals surface area contributed by atoms with E-state index in [-0.39, 0.29) is 29.3 Å². The fraction of sp³-hybridized carbons (Fsp3) is 0.667. The lowest BCUT2D eigenvalue weighted by atomic mass is 9.43. The minimum atomic E-state index is -3.85. The second kappa shape index (κ2) is 5.80. The first-order valence-electron chi connectivity index (χ1n) is 8.44. The Bertz CT molecular complexity index is 709. The van der Waals surface area contributed by atoms with Gasteiger partial charge in [-0.05, 0) is 49.1 Å². The van der Waals surface area contributed by atoms with Crippen LogP contribution in [-0.4, -0.2) is 36.9 Å². The van der Waals surface area contributed by atoms with Crippen molar-refractivity contribution in [2.24, 2.45) is 17.3 Å². The Morgan fingerprint density at radius 1 is 1.21 bits per heavy atom. The molecule has 4 rings (SSSR count). The fourth-order valence-corrected chi connectivity index (χ4v) is 5.31. The zero-order valence-corrected chi connectivity index (χ0v) is 15.2. The van der Waals surface area contributed by atoms with Crippen LogP contribution in [0, 0.1) is 24.2 Å².